The summed E-state index contributed by atoms with van der Waals surface area (Å²) in [4.78, 5) is 27.9. The highest BCUT2D eigenvalue weighted by molar-refractivity contribution is 7.09. The molecule has 0 bridgehead atoms. The van der Waals surface area contributed by atoms with E-state index in [0.717, 1.165) is 21.9 Å². The number of nitrogens with one attached hydrogen (secondary N) is 1. The molecular formula is C23H24N2O3S. The van der Waals surface area contributed by atoms with Gasteiger partial charge >= 0.3 is 0 Å². The van der Waals surface area contributed by atoms with Crippen LogP contribution in [0, 0.1) is 0 Å². The van der Waals surface area contributed by atoms with Crippen molar-refractivity contribution in [2.45, 2.75) is 25.9 Å². The average molecular weight is 409 g/mol. The first-order valence-electron chi connectivity index (χ1n) is 9.35. The van der Waals surface area contributed by atoms with Crippen LogP contribution < -0.4 is 15.0 Å². The summed E-state index contributed by atoms with van der Waals surface area (Å²) in [6.45, 7) is 1.94. The number of benzene rings is 2. The van der Waals surface area contributed by atoms with Crippen LogP contribution in [0.4, 0.5) is 5.69 Å². The number of amides is 2. The highest BCUT2D eigenvalue weighted by atomic mass is 32.1. The smallest absolute Gasteiger partial charge is 0.229 e. The Bertz CT molecular complexity index is 925. The molecule has 0 aliphatic heterocycles. The molecule has 1 heterocycles. The van der Waals surface area contributed by atoms with E-state index in [1.165, 1.54) is 6.92 Å². The molecule has 5 nitrogen and oxygen atoms in total. The predicted molar refractivity (Wildman–Crippen MR) is 116 cm³/mol. The topological polar surface area (TPSA) is 58.6 Å². The normalized spacial score (nSPS) is 11.5. The van der Waals surface area contributed by atoms with Crippen molar-refractivity contribution in [3.8, 4) is 5.75 Å². The van der Waals surface area contributed by atoms with E-state index in [1.807, 2.05) is 72.1 Å². The third kappa shape index (κ3) is 5.68. The fourth-order valence-electron chi connectivity index (χ4n) is 3.11. The summed E-state index contributed by atoms with van der Waals surface area (Å²) in [5.41, 5.74) is 1.70. The summed E-state index contributed by atoms with van der Waals surface area (Å²) in [6.07, 6.45) is 0.168. The monoisotopic (exact) mass is 408 g/mol. The second-order valence-electron chi connectivity index (χ2n) is 6.63. The van der Waals surface area contributed by atoms with Gasteiger partial charge in [-0.2, -0.15) is 0 Å². The number of anilines is 1. The lowest BCUT2D eigenvalue weighted by atomic mass is 10.0. The number of ether oxygens (including phenoxy) is 1. The zero-order valence-corrected chi connectivity index (χ0v) is 17.3. The summed E-state index contributed by atoms with van der Waals surface area (Å²) in [5.74, 6) is 0.504. The molecule has 6 heteroatoms. The lowest BCUT2D eigenvalue weighted by molar-refractivity contribution is -0.121. The van der Waals surface area contributed by atoms with Crippen LogP contribution >= 0.6 is 11.3 Å². The maximum Gasteiger partial charge on any atom is 0.229 e. The molecule has 29 heavy (non-hydrogen) atoms. The van der Waals surface area contributed by atoms with Crippen LogP contribution in [-0.2, 0) is 16.1 Å². The Kier molecular flexibility index (Phi) is 7.03. The van der Waals surface area contributed by atoms with Crippen LogP contribution in [0.3, 0.4) is 0 Å². The summed E-state index contributed by atoms with van der Waals surface area (Å²) < 4.78 is 5.23. The lowest BCUT2D eigenvalue weighted by Gasteiger charge is -2.26. The van der Waals surface area contributed by atoms with E-state index in [9.17, 15) is 9.59 Å². The van der Waals surface area contributed by atoms with Crippen molar-refractivity contribution in [3.05, 3.63) is 82.6 Å². The zero-order chi connectivity index (χ0) is 20.6. The van der Waals surface area contributed by atoms with E-state index in [1.54, 1.807) is 23.3 Å². The molecule has 1 atom stereocenters. The van der Waals surface area contributed by atoms with Gasteiger partial charge in [0, 0.05) is 17.5 Å². The van der Waals surface area contributed by atoms with E-state index >= 15 is 0 Å². The molecule has 0 unspecified atom stereocenters. The first kappa shape index (κ1) is 20.6. The Morgan fingerprint density at radius 2 is 1.76 bits per heavy atom. The van der Waals surface area contributed by atoms with Crippen molar-refractivity contribution < 1.29 is 14.3 Å². The molecule has 0 saturated carbocycles. The van der Waals surface area contributed by atoms with E-state index in [4.69, 9.17) is 4.74 Å². The minimum Gasteiger partial charge on any atom is -0.497 e. The molecule has 2 amide bonds. The van der Waals surface area contributed by atoms with Crippen LogP contribution in [0.5, 0.6) is 5.75 Å². The van der Waals surface area contributed by atoms with E-state index in [0.29, 0.717) is 6.54 Å². The van der Waals surface area contributed by atoms with Gasteiger partial charge in [-0.25, -0.2) is 0 Å². The molecule has 1 N–H and O–H groups in total. The number of thiophene rings is 1. The Morgan fingerprint density at radius 1 is 1.03 bits per heavy atom. The van der Waals surface area contributed by atoms with Gasteiger partial charge in [-0.05, 0) is 41.3 Å². The highest BCUT2D eigenvalue weighted by Gasteiger charge is 2.23. The molecule has 150 valence electrons. The molecule has 0 radical (unpaired) electrons. The van der Waals surface area contributed by atoms with Gasteiger partial charge in [0.05, 0.1) is 26.1 Å². The van der Waals surface area contributed by atoms with Gasteiger partial charge in [0.1, 0.15) is 5.75 Å². The van der Waals surface area contributed by atoms with E-state index < -0.39 is 0 Å². The summed E-state index contributed by atoms with van der Waals surface area (Å²) >= 11 is 1.61. The summed E-state index contributed by atoms with van der Waals surface area (Å²) in [6, 6.07) is 20.6. The number of nitrogens with zero attached hydrogens (tertiary/aromatic N) is 1. The number of rotatable bonds is 8. The van der Waals surface area contributed by atoms with Crippen LogP contribution in [0.1, 0.15) is 29.8 Å². The summed E-state index contributed by atoms with van der Waals surface area (Å²) in [7, 11) is 1.61. The van der Waals surface area contributed by atoms with Crippen LogP contribution in [0.2, 0.25) is 0 Å². The maximum absolute atomic E-state index is 13.3. The Morgan fingerprint density at radius 3 is 2.34 bits per heavy atom. The van der Waals surface area contributed by atoms with Gasteiger partial charge in [-0.3, -0.25) is 9.59 Å². The predicted octanol–water partition coefficient (Wildman–Crippen LogP) is 4.56. The van der Waals surface area contributed by atoms with Gasteiger partial charge in [-0.1, -0.05) is 36.4 Å². The third-order valence-electron chi connectivity index (χ3n) is 4.54. The molecule has 1 aromatic heterocycles. The number of carbonyl (C=O) groups is 2. The quantitative estimate of drug-likeness (QED) is 0.595. The fraction of sp³-hybridized carbons (Fsp3) is 0.217. The average Bonchev–Trinajstić information content (AvgIpc) is 3.25. The minimum atomic E-state index is -0.384. The summed E-state index contributed by atoms with van der Waals surface area (Å²) in [5, 5.41) is 4.90. The molecule has 3 rings (SSSR count). The zero-order valence-electron chi connectivity index (χ0n) is 16.5. The molecule has 0 saturated heterocycles. The first-order chi connectivity index (χ1) is 14.1. The second kappa shape index (κ2) is 9.89. The second-order valence-corrected chi connectivity index (χ2v) is 7.66. The van der Waals surface area contributed by atoms with Crippen molar-refractivity contribution >= 4 is 28.8 Å². The number of carbonyl (C=O) groups excluding carboxylic acids is 2. The fourth-order valence-corrected chi connectivity index (χ4v) is 3.80. The molecule has 0 aliphatic carbocycles. The Labute approximate surface area is 174 Å². The van der Waals surface area contributed by atoms with E-state index in [2.05, 4.69) is 5.32 Å². The molecule has 3 aromatic rings. The molecule has 0 fully saturated rings. The maximum atomic E-state index is 13.3. The number of methoxy groups -OCH3 is 1. The first-order valence-corrected chi connectivity index (χ1v) is 10.2. The highest BCUT2D eigenvalue weighted by Crippen LogP contribution is 2.26. The van der Waals surface area contributed by atoms with Crippen LogP contribution in [0.25, 0.3) is 0 Å². The van der Waals surface area contributed by atoms with Crippen LogP contribution in [-0.4, -0.2) is 18.9 Å². The van der Waals surface area contributed by atoms with Gasteiger partial charge in [0.15, 0.2) is 0 Å². The molecule has 0 spiro atoms. The van der Waals surface area contributed by atoms with Crippen molar-refractivity contribution in [1.82, 2.24) is 5.32 Å². The third-order valence-corrected chi connectivity index (χ3v) is 5.40. The molecule has 2 aromatic carbocycles. The molecular weight excluding hydrogens is 384 g/mol. The van der Waals surface area contributed by atoms with Crippen LogP contribution in [0.15, 0.2) is 72.1 Å². The SMILES string of the molecule is COc1ccc(N(Cc2cccs2)C(=O)C[C@H](NC(C)=O)c2ccccc2)cc1. The Hall–Kier alpha value is -3.12. The van der Waals surface area contributed by atoms with Gasteiger partial charge in [0.2, 0.25) is 11.8 Å². The van der Waals surface area contributed by atoms with Gasteiger partial charge in [-0.15, -0.1) is 11.3 Å². The van der Waals surface area contributed by atoms with Crippen molar-refractivity contribution in [2.24, 2.45) is 0 Å². The number of hydrogen-bond donors (Lipinski definition) is 1. The largest absolute Gasteiger partial charge is 0.497 e. The Balaban J connectivity index is 1.86. The van der Waals surface area contributed by atoms with Crippen molar-refractivity contribution in [3.63, 3.8) is 0 Å². The number of hydrogen-bond acceptors (Lipinski definition) is 4. The van der Waals surface area contributed by atoms with Gasteiger partial charge < -0.3 is 15.0 Å². The van der Waals surface area contributed by atoms with Crippen molar-refractivity contribution in [2.75, 3.05) is 12.0 Å². The van der Waals surface area contributed by atoms with E-state index in [-0.39, 0.29) is 24.3 Å². The minimum absolute atomic E-state index is 0.0637. The standard InChI is InChI=1S/C23H24N2O3S/c1-17(26)24-22(18-7-4-3-5-8-18)15-23(27)25(16-21-9-6-14-29-21)19-10-12-20(28-2)13-11-19/h3-14,22H,15-16H2,1-2H3,(H,24,26)/t22-/m0/s1. The van der Waals surface area contributed by atoms with Gasteiger partial charge in [0.25, 0.3) is 0 Å². The van der Waals surface area contributed by atoms with Crippen molar-refractivity contribution in [1.29, 1.82) is 0 Å². The lowest BCUT2D eigenvalue weighted by Crippen LogP contribution is -2.35. The molecule has 0 aliphatic rings.